The normalized spacial score (nSPS) is 20.2. The third kappa shape index (κ3) is 2.97. The molecule has 0 amide bonds. The van der Waals surface area contributed by atoms with Crippen LogP contribution in [0.15, 0.2) is 18.2 Å². The first-order valence-corrected chi connectivity index (χ1v) is 5.83. The van der Waals surface area contributed by atoms with E-state index >= 15 is 0 Å². The highest BCUT2D eigenvalue weighted by Crippen LogP contribution is 2.29. The fourth-order valence-corrected chi connectivity index (χ4v) is 2.06. The zero-order chi connectivity index (χ0) is 12.1. The summed E-state index contributed by atoms with van der Waals surface area (Å²) >= 11 is 0. The quantitative estimate of drug-likeness (QED) is 0.861. The molecule has 0 spiro atoms. The van der Waals surface area contributed by atoms with Gasteiger partial charge in [-0.3, -0.25) is 0 Å². The third-order valence-electron chi connectivity index (χ3n) is 2.88. The van der Waals surface area contributed by atoms with Crippen molar-refractivity contribution in [3.8, 4) is 5.75 Å². The number of morpholine rings is 1. The van der Waals surface area contributed by atoms with Crippen molar-refractivity contribution in [2.75, 3.05) is 33.9 Å². The van der Waals surface area contributed by atoms with Crippen LogP contribution < -0.4 is 10.1 Å². The highest BCUT2D eigenvalue weighted by atomic mass is 16.5. The minimum Gasteiger partial charge on any atom is -0.496 e. The first-order chi connectivity index (χ1) is 8.35. The van der Waals surface area contributed by atoms with Crippen LogP contribution in [0.5, 0.6) is 5.75 Å². The molecule has 1 aromatic carbocycles. The van der Waals surface area contributed by atoms with Gasteiger partial charge in [0.25, 0.3) is 0 Å². The van der Waals surface area contributed by atoms with E-state index in [1.165, 1.54) is 0 Å². The number of methoxy groups -OCH3 is 2. The standard InChI is InChI=1S/C13H19NO3/c1-15-9-10-3-4-12(16-2)11(7-10)13-8-14-5-6-17-13/h3-4,7,13-14H,5-6,8-9H2,1-2H3. The summed E-state index contributed by atoms with van der Waals surface area (Å²) in [6.07, 6.45) is 0.0653. The molecule has 0 radical (unpaired) electrons. The van der Waals surface area contributed by atoms with Gasteiger partial charge in [0, 0.05) is 25.8 Å². The highest BCUT2D eigenvalue weighted by Gasteiger charge is 2.19. The molecule has 0 bridgehead atoms. The van der Waals surface area contributed by atoms with Gasteiger partial charge in [-0.15, -0.1) is 0 Å². The number of rotatable bonds is 4. The fraction of sp³-hybridized carbons (Fsp3) is 0.538. The van der Waals surface area contributed by atoms with E-state index in [9.17, 15) is 0 Å². The SMILES string of the molecule is COCc1ccc(OC)c(C2CNCCO2)c1. The minimum absolute atomic E-state index is 0.0653. The minimum atomic E-state index is 0.0653. The molecule has 94 valence electrons. The molecule has 4 nitrogen and oxygen atoms in total. The second kappa shape index (κ2) is 6.00. The maximum absolute atomic E-state index is 5.76. The lowest BCUT2D eigenvalue weighted by atomic mass is 10.0. The van der Waals surface area contributed by atoms with Crippen molar-refractivity contribution in [3.05, 3.63) is 29.3 Å². The molecular formula is C13H19NO3. The molecular weight excluding hydrogens is 218 g/mol. The molecule has 0 aromatic heterocycles. The predicted octanol–water partition coefficient (Wildman–Crippen LogP) is 1.50. The van der Waals surface area contributed by atoms with Crippen molar-refractivity contribution < 1.29 is 14.2 Å². The monoisotopic (exact) mass is 237 g/mol. The summed E-state index contributed by atoms with van der Waals surface area (Å²) in [7, 11) is 3.38. The third-order valence-corrected chi connectivity index (χ3v) is 2.88. The molecule has 4 heteroatoms. The van der Waals surface area contributed by atoms with E-state index in [1.807, 2.05) is 12.1 Å². The Balaban J connectivity index is 2.24. The molecule has 1 aliphatic rings. The number of benzene rings is 1. The Kier molecular flexibility index (Phi) is 4.36. The van der Waals surface area contributed by atoms with Crippen molar-refractivity contribution in [2.24, 2.45) is 0 Å². The van der Waals surface area contributed by atoms with Crippen LogP contribution in [0, 0.1) is 0 Å². The van der Waals surface area contributed by atoms with Crippen LogP contribution >= 0.6 is 0 Å². The molecule has 1 fully saturated rings. The number of ether oxygens (including phenoxy) is 3. The van der Waals surface area contributed by atoms with Gasteiger partial charge in [-0.05, 0) is 17.7 Å². The summed E-state index contributed by atoms with van der Waals surface area (Å²) in [4.78, 5) is 0. The fourth-order valence-electron chi connectivity index (χ4n) is 2.06. The van der Waals surface area contributed by atoms with E-state index in [1.54, 1.807) is 14.2 Å². The van der Waals surface area contributed by atoms with E-state index in [0.717, 1.165) is 36.6 Å². The molecule has 1 saturated heterocycles. The topological polar surface area (TPSA) is 39.7 Å². The van der Waals surface area contributed by atoms with Gasteiger partial charge in [-0.25, -0.2) is 0 Å². The summed E-state index contributed by atoms with van der Waals surface area (Å²) in [5.74, 6) is 0.874. The molecule has 1 atom stereocenters. The van der Waals surface area contributed by atoms with Gasteiger partial charge < -0.3 is 19.5 Å². The summed E-state index contributed by atoms with van der Waals surface area (Å²) < 4.78 is 16.3. The van der Waals surface area contributed by atoms with Crippen molar-refractivity contribution in [3.63, 3.8) is 0 Å². The summed E-state index contributed by atoms with van der Waals surface area (Å²) in [5.41, 5.74) is 2.23. The van der Waals surface area contributed by atoms with Crippen LogP contribution in [-0.4, -0.2) is 33.9 Å². The van der Waals surface area contributed by atoms with Crippen LogP contribution in [0.3, 0.4) is 0 Å². The lowest BCUT2D eigenvalue weighted by molar-refractivity contribution is 0.0261. The van der Waals surface area contributed by atoms with Crippen molar-refractivity contribution >= 4 is 0 Å². The van der Waals surface area contributed by atoms with E-state index in [2.05, 4.69) is 11.4 Å². The zero-order valence-electron chi connectivity index (χ0n) is 10.4. The molecule has 1 aromatic rings. The lowest BCUT2D eigenvalue weighted by Crippen LogP contribution is -2.33. The first-order valence-electron chi connectivity index (χ1n) is 5.83. The maximum Gasteiger partial charge on any atom is 0.124 e. The molecule has 17 heavy (non-hydrogen) atoms. The van der Waals surface area contributed by atoms with Gasteiger partial charge >= 0.3 is 0 Å². The van der Waals surface area contributed by atoms with Gasteiger partial charge in [-0.2, -0.15) is 0 Å². The Morgan fingerprint density at radius 3 is 2.94 bits per heavy atom. The first kappa shape index (κ1) is 12.4. The second-order valence-corrected chi connectivity index (χ2v) is 4.07. The predicted molar refractivity (Wildman–Crippen MR) is 65.3 cm³/mol. The molecule has 1 N–H and O–H groups in total. The average Bonchev–Trinajstić information content (AvgIpc) is 2.40. The maximum atomic E-state index is 5.76. The average molecular weight is 237 g/mol. The van der Waals surface area contributed by atoms with E-state index in [0.29, 0.717) is 6.61 Å². The Hall–Kier alpha value is -1.10. The van der Waals surface area contributed by atoms with Crippen LogP contribution in [0.25, 0.3) is 0 Å². The smallest absolute Gasteiger partial charge is 0.124 e. The number of hydrogen-bond acceptors (Lipinski definition) is 4. The van der Waals surface area contributed by atoms with Gasteiger partial charge in [-0.1, -0.05) is 6.07 Å². The van der Waals surface area contributed by atoms with Crippen LogP contribution in [-0.2, 0) is 16.1 Å². The molecule has 1 unspecified atom stereocenters. The largest absolute Gasteiger partial charge is 0.496 e. The van der Waals surface area contributed by atoms with E-state index in [-0.39, 0.29) is 6.10 Å². The van der Waals surface area contributed by atoms with Crippen molar-refractivity contribution in [2.45, 2.75) is 12.7 Å². The zero-order valence-corrected chi connectivity index (χ0v) is 10.4. The number of nitrogens with one attached hydrogen (secondary N) is 1. The highest BCUT2D eigenvalue weighted by molar-refractivity contribution is 5.39. The van der Waals surface area contributed by atoms with Crippen LogP contribution in [0.1, 0.15) is 17.2 Å². The van der Waals surface area contributed by atoms with Gasteiger partial charge in [0.2, 0.25) is 0 Å². The second-order valence-electron chi connectivity index (χ2n) is 4.07. The van der Waals surface area contributed by atoms with Gasteiger partial charge in [0.05, 0.1) is 26.4 Å². The Bertz CT molecular complexity index is 362. The number of hydrogen-bond donors (Lipinski definition) is 1. The Labute approximate surface area is 102 Å². The van der Waals surface area contributed by atoms with Gasteiger partial charge in [0.1, 0.15) is 5.75 Å². The van der Waals surface area contributed by atoms with Crippen molar-refractivity contribution in [1.82, 2.24) is 5.32 Å². The van der Waals surface area contributed by atoms with Gasteiger partial charge in [0.15, 0.2) is 0 Å². The van der Waals surface area contributed by atoms with Crippen molar-refractivity contribution in [1.29, 1.82) is 0 Å². The summed E-state index contributed by atoms with van der Waals surface area (Å²) in [6.45, 7) is 3.09. The molecule has 0 aliphatic carbocycles. The van der Waals surface area contributed by atoms with E-state index in [4.69, 9.17) is 14.2 Å². The van der Waals surface area contributed by atoms with Crippen LogP contribution in [0.4, 0.5) is 0 Å². The lowest BCUT2D eigenvalue weighted by Gasteiger charge is -2.25. The molecule has 1 heterocycles. The van der Waals surface area contributed by atoms with E-state index < -0.39 is 0 Å². The summed E-state index contributed by atoms with van der Waals surface area (Å²) in [6, 6.07) is 6.09. The summed E-state index contributed by atoms with van der Waals surface area (Å²) in [5, 5.41) is 3.32. The Morgan fingerprint density at radius 1 is 1.41 bits per heavy atom. The molecule has 0 saturated carbocycles. The van der Waals surface area contributed by atoms with Crippen LogP contribution in [0.2, 0.25) is 0 Å². The molecule has 2 rings (SSSR count). The Morgan fingerprint density at radius 2 is 2.29 bits per heavy atom. The molecule has 1 aliphatic heterocycles.